The van der Waals surface area contributed by atoms with E-state index in [1.807, 2.05) is 16.3 Å². The van der Waals surface area contributed by atoms with Gasteiger partial charge in [0, 0.05) is 19.5 Å². The van der Waals surface area contributed by atoms with E-state index in [0.717, 1.165) is 54.2 Å². The first-order valence-electron chi connectivity index (χ1n) is 7.53. The zero-order valence-corrected chi connectivity index (χ0v) is 13.1. The predicted molar refractivity (Wildman–Crippen MR) is 85.5 cm³/mol. The number of carbonyl (C=O) groups excluding carboxylic acids is 1. The maximum absolute atomic E-state index is 12.1. The normalized spacial score (nSPS) is 16.2. The van der Waals surface area contributed by atoms with Gasteiger partial charge < -0.3 is 10.2 Å². The highest BCUT2D eigenvalue weighted by Crippen LogP contribution is 2.25. The SMILES string of the molecule is CCNc1nc(CN2CCCCCC2=O)nc2sccc12. The van der Waals surface area contributed by atoms with Gasteiger partial charge in [-0.15, -0.1) is 11.3 Å². The van der Waals surface area contributed by atoms with Crippen LogP contribution in [0, 0.1) is 0 Å². The lowest BCUT2D eigenvalue weighted by Crippen LogP contribution is -2.30. The van der Waals surface area contributed by atoms with Crippen molar-refractivity contribution in [1.29, 1.82) is 0 Å². The van der Waals surface area contributed by atoms with Crippen molar-refractivity contribution in [3.05, 3.63) is 17.3 Å². The summed E-state index contributed by atoms with van der Waals surface area (Å²) in [6.45, 7) is 4.22. The number of nitrogens with one attached hydrogen (secondary N) is 1. The van der Waals surface area contributed by atoms with Gasteiger partial charge in [-0.05, 0) is 31.2 Å². The van der Waals surface area contributed by atoms with Crippen LogP contribution < -0.4 is 5.32 Å². The van der Waals surface area contributed by atoms with E-state index >= 15 is 0 Å². The van der Waals surface area contributed by atoms with E-state index in [-0.39, 0.29) is 5.91 Å². The summed E-state index contributed by atoms with van der Waals surface area (Å²) in [5, 5.41) is 6.38. The average Bonchev–Trinajstić information content (AvgIpc) is 2.85. The molecule has 1 amide bonds. The summed E-state index contributed by atoms with van der Waals surface area (Å²) >= 11 is 1.61. The Morgan fingerprint density at radius 2 is 2.24 bits per heavy atom. The third-order valence-corrected chi connectivity index (χ3v) is 4.53. The molecule has 6 heteroatoms. The summed E-state index contributed by atoms with van der Waals surface area (Å²) < 4.78 is 0. The second-order valence-corrected chi connectivity index (χ2v) is 6.18. The van der Waals surface area contributed by atoms with E-state index in [9.17, 15) is 4.79 Å². The highest BCUT2D eigenvalue weighted by Gasteiger charge is 2.18. The molecule has 1 fully saturated rings. The number of likely N-dealkylation sites (tertiary alicyclic amines) is 1. The summed E-state index contributed by atoms with van der Waals surface area (Å²) in [6.07, 6.45) is 3.87. The van der Waals surface area contributed by atoms with Gasteiger partial charge in [0.05, 0.1) is 11.9 Å². The fourth-order valence-corrected chi connectivity index (χ4v) is 3.43. The molecule has 1 saturated heterocycles. The van der Waals surface area contributed by atoms with Gasteiger partial charge in [-0.1, -0.05) is 6.42 Å². The second-order valence-electron chi connectivity index (χ2n) is 5.28. The molecule has 3 heterocycles. The first-order valence-corrected chi connectivity index (χ1v) is 8.41. The number of carbonyl (C=O) groups is 1. The van der Waals surface area contributed by atoms with Gasteiger partial charge in [-0.3, -0.25) is 4.79 Å². The van der Waals surface area contributed by atoms with Crippen LogP contribution in [0.4, 0.5) is 5.82 Å². The molecule has 1 aliphatic rings. The Kier molecular flexibility index (Phi) is 4.34. The van der Waals surface area contributed by atoms with E-state index in [4.69, 9.17) is 0 Å². The number of nitrogens with zero attached hydrogens (tertiary/aromatic N) is 3. The van der Waals surface area contributed by atoms with E-state index < -0.39 is 0 Å². The second kappa shape index (κ2) is 6.39. The van der Waals surface area contributed by atoms with Crippen LogP contribution in [0.3, 0.4) is 0 Å². The number of rotatable bonds is 4. The van der Waals surface area contributed by atoms with Crippen LogP contribution in [-0.2, 0) is 11.3 Å². The molecule has 2 aromatic heterocycles. The molecule has 5 nitrogen and oxygen atoms in total. The Balaban J connectivity index is 1.87. The van der Waals surface area contributed by atoms with Gasteiger partial charge in [0.2, 0.25) is 5.91 Å². The summed E-state index contributed by atoms with van der Waals surface area (Å²) in [5.74, 6) is 1.84. The topological polar surface area (TPSA) is 58.1 Å². The highest BCUT2D eigenvalue weighted by atomic mass is 32.1. The first-order chi connectivity index (χ1) is 10.3. The summed E-state index contributed by atoms with van der Waals surface area (Å²) in [5.41, 5.74) is 0. The molecule has 1 aliphatic heterocycles. The first kappa shape index (κ1) is 14.3. The molecule has 21 heavy (non-hydrogen) atoms. The van der Waals surface area contributed by atoms with Crippen molar-refractivity contribution in [2.24, 2.45) is 0 Å². The van der Waals surface area contributed by atoms with Gasteiger partial charge in [0.25, 0.3) is 0 Å². The molecule has 0 aromatic carbocycles. The molecular weight excluding hydrogens is 284 g/mol. The summed E-state index contributed by atoms with van der Waals surface area (Å²) in [6, 6.07) is 2.04. The van der Waals surface area contributed by atoms with Crippen LogP contribution in [0.2, 0.25) is 0 Å². The van der Waals surface area contributed by atoms with Crippen molar-refractivity contribution in [3.63, 3.8) is 0 Å². The van der Waals surface area contributed by atoms with E-state index in [2.05, 4.69) is 22.2 Å². The quantitative estimate of drug-likeness (QED) is 0.943. The molecule has 0 radical (unpaired) electrons. The van der Waals surface area contributed by atoms with Crippen LogP contribution in [0.1, 0.15) is 38.4 Å². The molecule has 0 unspecified atom stereocenters. The maximum atomic E-state index is 12.1. The van der Waals surface area contributed by atoms with Gasteiger partial charge >= 0.3 is 0 Å². The number of fused-ring (bicyclic) bond motifs is 1. The fourth-order valence-electron chi connectivity index (χ4n) is 2.65. The zero-order chi connectivity index (χ0) is 14.7. The molecule has 0 saturated carbocycles. The van der Waals surface area contributed by atoms with Crippen molar-refractivity contribution in [2.45, 2.75) is 39.2 Å². The zero-order valence-electron chi connectivity index (χ0n) is 12.3. The molecule has 112 valence electrons. The number of hydrogen-bond donors (Lipinski definition) is 1. The maximum Gasteiger partial charge on any atom is 0.222 e. The van der Waals surface area contributed by atoms with Crippen LogP contribution in [0.5, 0.6) is 0 Å². The lowest BCUT2D eigenvalue weighted by molar-refractivity contribution is -0.131. The molecule has 0 spiro atoms. The lowest BCUT2D eigenvalue weighted by Gasteiger charge is -2.19. The molecule has 0 atom stereocenters. The Morgan fingerprint density at radius 1 is 1.33 bits per heavy atom. The number of anilines is 1. The number of aromatic nitrogens is 2. The average molecular weight is 304 g/mol. The van der Waals surface area contributed by atoms with Crippen LogP contribution >= 0.6 is 11.3 Å². The Labute approximate surface area is 128 Å². The third-order valence-electron chi connectivity index (χ3n) is 3.72. The Bertz CT molecular complexity index is 640. The minimum atomic E-state index is 0.229. The third kappa shape index (κ3) is 3.15. The molecule has 1 N–H and O–H groups in total. The standard InChI is InChI=1S/C15H20N4OS/c1-2-16-14-11-7-9-21-15(11)18-12(17-14)10-19-8-5-3-4-6-13(19)20/h7,9H,2-6,8,10H2,1H3,(H,16,17,18). The van der Waals surface area contributed by atoms with E-state index in [1.165, 1.54) is 0 Å². The van der Waals surface area contributed by atoms with Gasteiger partial charge in [-0.25, -0.2) is 9.97 Å². The van der Waals surface area contributed by atoms with Crippen molar-refractivity contribution in [3.8, 4) is 0 Å². The summed E-state index contributed by atoms with van der Waals surface area (Å²) in [4.78, 5) is 24.2. The van der Waals surface area contributed by atoms with Crippen LogP contribution in [-0.4, -0.2) is 33.9 Å². The van der Waals surface area contributed by atoms with E-state index in [0.29, 0.717) is 13.0 Å². The van der Waals surface area contributed by atoms with Crippen molar-refractivity contribution in [2.75, 3.05) is 18.4 Å². The molecule has 0 bridgehead atoms. The monoisotopic (exact) mass is 304 g/mol. The van der Waals surface area contributed by atoms with Gasteiger partial charge in [0.15, 0.2) is 5.82 Å². The lowest BCUT2D eigenvalue weighted by atomic mass is 10.2. The molecular formula is C15H20N4OS. The minimum absolute atomic E-state index is 0.229. The van der Waals surface area contributed by atoms with Crippen molar-refractivity contribution in [1.82, 2.24) is 14.9 Å². The van der Waals surface area contributed by atoms with Gasteiger partial charge in [-0.2, -0.15) is 0 Å². The summed E-state index contributed by atoms with van der Waals surface area (Å²) in [7, 11) is 0. The predicted octanol–water partition coefficient (Wildman–Crippen LogP) is 3.03. The van der Waals surface area contributed by atoms with E-state index in [1.54, 1.807) is 11.3 Å². The minimum Gasteiger partial charge on any atom is -0.370 e. The van der Waals surface area contributed by atoms with Crippen molar-refractivity contribution < 1.29 is 4.79 Å². The fraction of sp³-hybridized carbons (Fsp3) is 0.533. The molecule has 3 rings (SSSR count). The Morgan fingerprint density at radius 3 is 3.10 bits per heavy atom. The van der Waals surface area contributed by atoms with Crippen LogP contribution in [0.25, 0.3) is 10.2 Å². The van der Waals surface area contributed by atoms with Gasteiger partial charge in [0.1, 0.15) is 10.6 Å². The van der Waals surface area contributed by atoms with Crippen LogP contribution in [0.15, 0.2) is 11.4 Å². The highest BCUT2D eigenvalue weighted by molar-refractivity contribution is 7.16. The number of amides is 1. The number of hydrogen-bond acceptors (Lipinski definition) is 5. The smallest absolute Gasteiger partial charge is 0.222 e. The molecule has 0 aliphatic carbocycles. The van der Waals surface area contributed by atoms with Crippen molar-refractivity contribution >= 4 is 33.3 Å². The number of thiophene rings is 1. The largest absolute Gasteiger partial charge is 0.370 e. The Hall–Kier alpha value is -1.69. The molecule has 2 aromatic rings.